The summed E-state index contributed by atoms with van der Waals surface area (Å²) >= 11 is 1.52. The molecule has 250 valence electrons. The summed E-state index contributed by atoms with van der Waals surface area (Å²) in [6.45, 7) is 7.47. The minimum atomic E-state index is -1.96. The summed E-state index contributed by atoms with van der Waals surface area (Å²) in [5.41, 5.74) is 3.37. The number of carbonyl (C=O) groups excluding carboxylic acids is 4. The van der Waals surface area contributed by atoms with E-state index < -0.39 is 47.0 Å². The number of amides is 3. The Morgan fingerprint density at radius 2 is 1.87 bits per heavy atom. The fourth-order valence-electron chi connectivity index (χ4n) is 5.60. The number of thiazole rings is 1. The number of likely N-dealkylation sites (tertiary alicyclic amines) is 1. The zero-order chi connectivity index (χ0) is 33.9. The van der Waals surface area contributed by atoms with Crippen LogP contribution in [0.3, 0.4) is 0 Å². The van der Waals surface area contributed by atoms with Crippen molar-refractivity contribution in [3.05, 3.63) is 70.4 Å². The van der Waals surface area contributed by atoms with Crippen molar-refractivity contribution in [3.63, 3.8) is 0 Å². The van der Waals surface area contributed by atoms with Crippen molar-refractivity contribution in [2.24, 2.45) is 5.41 Å². The highest BCUT2D eigenvalue weighted by Crippen LogP contribution is 2.40. The second-order valence-electron chi connectivity index (χ2n) is 13.4. The van der Waals surface area contributed by atoms with E-state index in [-0.39, 0.29) is 39.0 Å². The van der Waals surface area contributed by atoms with Gasteiger partial charge in [-0.2, -0.15) is 0 Å². The molecule has 5 rings (SSSR count). The molecule has 0 radical (unpaired) electrons. The lowest BCUT2D eigenvalue weighted by molar-refractivity contribution is -0.145. The number of aliphatic hydroxyl groups excluding tert-OH is 1. The average Bonchev–Trinajstić information content (AvgIpc) is 3.44. The maximum Gasteiger partial charge on any atom is 0.258 e. The van der Waals surface area contributed by atoms with Crippen molar-refractivity contribution in [1.82, 2.24) is 20.5 Å². The number of hydrogen-bond donors (Lipinski definition) is 3. The van der Waals surface area contributed by atoms with Crippen LogP contribution in [-0.2, 0) is 38.8 Å². The number of aliphatic hydroxyl groups is 1. The van der Waals surface area contributed by atoms with Gasteiger partial charge in [-0.1, -0.05) is 57.2 Å². The second-order valence-corrected chi connectivity index (χ2v) is 14.3. The van der Waals surface area contributed by atoms with Crippen LogP contribution in [-0.4, -0.2) is 69.4 Å². The number of β-amino-alcohol motifs (C(OH)–C–C–N with tert-alkyl or cyclic N) is 1. The highest BCUT2D eigenvalue weighted by Gasteiger charge is 2.53. The van der Waals surface area contributed by atoms with Crippen LogP contribution in [0.25, 0.3) is 10.4 Å². The molecule has 12 heteroatoms. The first-order valence-corrected chi connectivity index (χ1v) is 16.6. The van der Waals surface area contributed by atoms with Gasteiger partial charge >= 0.3 is 0 Å². The van der Waals surface area contributed by atoms with Gasteiger partial charge in [-0.3, -0.25) is 14.4 Å². The Morgan fingerprint density at radius 1 is 1.17 bits per heavy atom. The Labute approximate surface area is 277 Å². The van der Waals surface area contributed by atoms with E-state index in [4.69, 9.17) is 4.74 Å². The third-order valence-electron chi connectivity index (χ3n) is 8.61. The molecule has 1 aliphatic carbocycles. The number of nitrogens with zero attached hydrogens (tertiary/aromatic N) is 2. The highest BCUT2D eigenvalue weighted by atomic mass is 32.1. The molecule has 0 bridgehead atoms. The maximum atomic E-state index is 14.5. The van der Waals surface area contributed by atoms with Crippen LogP contribution in [0.5, 0.6) is 5.75 Å². The molecule has 2 aliphatic rings. The molecule has 0 spiro atoms. The first-order chi connectivity index (χ1) is 22.3. The van der Waals surface area contributed by atoms with Crippen molar-refractivity contribution in [2.75, 3.05) is 6.54 Å². The summed E-state index contributed by atoms with van der Waals surface area (Å²) in [5.74, 6) is -1.27. The van der Waals surface area contributed by atoms with Gasteiger partial charge in [-0.15, -0.1) is 11.3 Å². The summed E-state index contributed by atoms with van der Waals surface area (Å²) in [5, 5.41) is 16.0. The van der Waals surface area contributed by atoms with Crippen molar-refractivity contribution in [1.29, 1.82) is 0 Å². The molecule has 2 heterocycles. The molecular weight excluding hydrogens is 623 g/mol. The van der Waals surface area contributed by atoms with E-state index in [1.165, 1.54) is 16.2 Å². The third-order valence-corrected chi connectivity index (χ3v) is 9.59. The van der Waals surface area contributed by atoms with E-state index in [0.29, 0.717) is 17.7 Å². The van der Waals surface area contributed by atoms with Crippen molar-refractivity contribution >= 4 is 35.3 Å². The first kappa shape index (κ1) is 34.2. The van der Waals surface area contributed by atoms with Crippen LogP contribution in [0.15, 0.2) is 48.0 Å². The normalized spacial score (nSPS) is 19.1. The monoisotopic (exact) mass is 664 g/mol. The molecule has 1 aromatic heterocycles. The lowest BCUT2D eigenvalue weighted by Crippen LogP contribution is -2.59. The molecule has 1 saturated carbocycles. The van der Waals surface area contributed by atoms with Crippen LogP contribution in [0.2, 0.25) is 0 Å². The van der Waals surface area contributed by atoms with E-state index in [2.05, 4.69) is 15.6 Å². The zero-order valence-corrected chi connectivity index (χ0v) is 27.9. The lowest BCUT2D eigenvalue weighted by atomic mass is 9.85. The molecule has 3 N–H and O–H groups in total. The summed E-state index contributed by atoms with van der Waals surface area (Å²) in [6, 6.07) is 11.2. The van der Waals surface area contributed by atoms with E-state index in [0.717, 1.165) is 33.5 Å². The van der Waals surface area contributed by atoms with E-state index in [1.807, 2.05) is 49.4 Å². The van der Waals surface area contributed by atoms with Crippen molar-refractivity contribution in [2.45, 2.75) is 90.4 Å². The van der Waals surface area contributed by atoms with Gasteiger partial charge in [0.2, 0.25) is 11.8 Å². The number of hydrogen-bond acceptors (Lipinski definition) is 8. The fraction of sp³-hybridized carbons (Fsp3) is 0.457. The number of carbonyl (C=O) groups is 4. The number of benzene rings is 2. The predicted octanol–water partition coefficient (Wildman–Crippen LogP) is 4.05. The summed E-state index contributed by atoms with van der Waals surface area (Å²) in [6.07, 6.45) is 0.523. The molecule has 2 fully saturated rings. The van der Waals surface area contributed by atoms with E-state index >= 15 is 0 Å². The topological polar surface area (TPSA) is 138 Å². The zero-order valence-electron chi connectivity index (χ0n) is 27.0. The molecular formula is C35H41FN4O6S. The molecule has 0 unspecified atom stereocenters. The molecule has 3 atom stereocenters. The number of ether oxygens (including phenoxy) is 1. The first-order valence-electron chi connectivity index (χ1n) is 15.7. The van der Waals surface area contributed by atoms with Gasteiger partial charge in [0, 0.05) is 31.5 Å². The molecule has 1 saturated heterocycles. The third kappa shape index (κ3) is 8.05. The Hall–Kier alpha value is -4.16. The number of alkyl halides is 1. The molecule has 10 nitrogen and oxygen atoms in total. The minimum absolute atomic E-state index is 0.0302. The van der Waals surface area contributed by atoms with Gasteiger partial charge in [-0.05, 0) is 47.9 Å². The summed E-state index contributed by atoms with van der Waals surface area (Å²) in [4.78, 5) is 57.4. The lowest BCUT2D eigenvalue weighted by Gasteiger charge is -2.35. The van der Waals surface area contributed by atoms with Gasteiger partial charge in [-0.25, -0.2) is 9.37 Å². The SMILES string of the molecule is Cc1ncsc1-c1ccc(CNC(=O)[C@@H]2C[C@@H](O)CN2C(=O)[C@@H](NC(=O)C2(F)CC2)C(C)(C)C)c(OCc2ccc(CC=O)cc2)c1. The van der Waals surface area contributed by atoms with Crippen LogP contribution in [0.1, 0.15) is 62.4 Å². The minimum Gasteiger partial charge on any atom is -0.489 e. The van der Waals surface area contributed by atoms with Crippen LogP contribution < -0.4 is 15.4 Å². The number of nitrogens with one attached hydrogen (secondary N) is 2. The van der Waals surface area contributed by atoms with E-state index in [1.54, 1.807) is 26.3 Å². The van der Waals surface area contributed by atoms with Gasteiger partial charge < -0.3 is 30.2 Å². The van der Waals surface area contributed by atoms with Crippen LogP contribution >= 0.6 is 11.3 Å². The second kappa shape index (κ2) is 13.9. The Kier molecular flexibility index (Phi) is 10.1. The van der Waals surface area contributed by atoms with Gasteiger partial charge in [0.15, 0.2) is 5.67 Å². The number of aldehydes is 1. The predicted molar refractivity (Wildman–Crippen MR) is 175 cm³/mol. The molecule has 2 aromatic carbocycles. The molecule has 3 amide bonds. The standard InChI is InChI=1S/C35H41FN4O6S/c1-21-29(47-20-38-21)24-9-10-25(28(15-24)46-19-23-7-5-22(6-8-23)11-14-41)17-37-31(43)27-16-26(42)18-40(27)32(44)30(34(2,3)4)39-33(45)35(36)12-13-35/h5-10,14-15,20,26-27,30,42H,11-13,16-19H2,1-4H3,(H,37,43)(H,39,45)/t26-,27+,30-/m1/s1. The van der Waals surface area contributed by atoms with Crippen LogP contribution in [0.4, 0.5) is 4.39 Å². The number of halogens is 1. The molecule has 3 aromatic rings. The maximum absolute atomic E-state index is 14.5. The van der Waals surface area contributed by atoms with Gasteiger partial charge in [0.05, 0.1) is 22.2 Å². The van der Waals surface area contributed by atoms with Gasteiger partial charge in [0.25, 0.3) is 5.91 Å². The largest absolute Gasteiger partial charge is 0.489 e. The highest BCUT2D eigenvalue weighted by molar-refractivity contribution is 7.13. The van der Waals surface area contributed by atoms with Crippen molar-refractivity contribution < 1.29 is 33.4 Å². The van der Waals surface area contributed by atoms with Crippen LogP contribution in [0, 0.1) is 12.3 Å². The number of rotatable bonds is 12. The quantitative estimate of drug-likeness (QED) is 0.249. The van der Waals surface area contributed by atoms with Gasteiger partial charge in [0.1, 0.15) is 30.7 Å². The molecule has 47 heavy (non-hydrogen) atoms. The average molecular weight is 665 g/mol. The number of aryl methyl sites for hydroxylation is 1. The summed E-state index contributed by atoms with van der Waals surface area (Å²) < 4.78 is 20.8. The fourth-order valence-corrected chi connectivity index (χ4v) is 6.40. The smallest absolute Gasteiger partial charge is 0.258 e. The number of aromatic nitrogens is 1. The molecule has 1 aliphatic heterocycles. The summed E-state index contributed by atoms with van der Waals surface area (Å²) in [7, 11) is 0. The van der Waals surface area contributed by atoms with E-state index in [9.17, 15) is 28.7 Å². The van der Waals surface area contributed by atoms with Crippen molar-refractivity contribution in [3.8, 4) is 16.2 Å². The Bertz CT molecular complexity index is 1630. The Balaban J connectivity index is 1.32. The Morgan fingerprint density at radius 3 is 2.49 bits per heavy atom.